The number of anilines is 1. The van der Waals surface area contributed by atoms with E-state index in [4.69, 9.17) is 22.1 Å². The Balaban J connectivity index is 1.91. The number of primary amides is 1. The van der Waals surface area contributed by atoms with E-state index < -0.39 is 30.6 Å². The third kappa shape index (κ3) is 6.92. The molecule has 0 bridgehead atoms. The first-order chi connectivity index (χ1) is 13.2. The van der Waals surface area contributed by atoms with Crippen molar-refractivity contribution in [3.8, 4) is 0 Å². The number of ether oxygens (including phenoxy) is 1. The zero-order chi connectivity index (χ0) is 20.7. The van der Waals surface area contributed by atoms with Gasteiger partial charge in [-0.2, -0.15) is 0 Å². The predicted octanol–water partition coefficient (Wildman–Crippen LogP) is 3.24. The minimum atomic E-state index is -0.777. The van der Waals surface area contributed by atoms with Crippen molar-refractivity contribution < 1.29 is 19.1 Å². The number of aryl methyl sites for hydroxylation is 2. The molecule has 0 saturated heterocycles. The molecule has 1 atom stereocenters. The fourth-order valence-corrected chi connectivity index (χ4v) is 2.86. The van der Waals surface area contributed by atoms with Crippen molar-refractivity contribution in [3.05, 3.63) is 64.2 Å². The highest BCUT2D eigenvalue weighted by Crippen LogP contribution is 2.20. The van der Waals surface area contributed by atoms with Crippen LogP contribution >= 0.6 is 11.6 Å². The Kier molecular flexibility index (Phi) is 7.40. The number of rotatable bonds is 7. The number of urea groups is 1. The Labute approximate surface area is 168 Å². The molecule has 0 saturated carbocycles. The summed E-state index contributed by atoms with van der Waals surface area (Å²) < 4.78 is 5.02. The number of carbonyl (C=O) groups excluding carboxylic acids is 3. The number of hydrogen-bond donors (Lipinski definition) is 3. The van der Waals surface area contributed by atoms with Gasteiger partial charge in [0, 0.05) is 10.7 Å². The molecule has 8 heteroatoms. The van der Waals surface area contributed by atoms with Crippen molar-refractivity contribution in [1.82, 2.24) is 5.32 Å². The van der Waals surface area contributed by atoms with Crippen molar-refractivity contribution in [3.63, 3.8) is 0 Å². The summed E-state index contributed by atoms with van der Waals surface area (Å²) in [5, 5.41) is 5.68. The lowest BCUT2D eigenvalue weighted by atomic mass is 10.0. The van der Waals surface area contributed by atoms with E-state index in [1.165, 1.54) is 0 Å². The summed E-state index contributed by atoms with van der Waals surface area (Å²) in [6.45, 7) is 3.41. The highest BCUT2D eigenvalue weighted by atomic mass is 35.5. The van der Waals surface area contributed by atoms with Crippen LogP contribution in [0.1, 0.15) is 29.2 Å². The minimum Gasteiger partial charge on any atom is -0.455 e. The third-order valence-electron chi connectivity index (χ3n) is 3.83. The van der Waals surface area contributed by atoms with Crippen molar-refractivity contribution in [2.24, 2.45) is 5.73 Å². The number of halogens is 1. The van der Waals surface area contributed by atoms with Gasteiger partial charge in [0.15, 0.2) is 6.61 Å². The summed E-state index contributed by atoms with van der Waals surface area (Å²) in [4.78, 5) is 35.4. The van der Waals surface area contributed by atoms with E-state index in [0.29, 0.717) is 16.3 Å². The molecule has 0 aliphatic rings. The molecule has 4 N–H and O–H groups in total. The van der Waals surface area contributed by atoms with Gasteiger partial charge in [-0.25, -0.2) is 4.79 Å². The molecule has 2 rings (SSSR count). The fourth-order valence-electron chi connectivity index (χ4n) is 2.73. The van der Waals surface area contributed by atoms with Gasteiger partial charge in [-0.15, -0.1) is 0 Å². The molecule has 0 heterocycles. The van der Waals surface area contributed by atoms with Crippen LogP contribution in [0.3, 0.4) is 0 Å². The molecule has 28 heavy (non-hydrogen) atoms. The van der Waals surface area contributed by atoms with Gasteiger partial charge in [-0.1, -0.05) is 29.8 Å². The van der Waals surface area contributed by atoms with Crippen LogP contribution in [-0.4, -0.2) is 24.5 Å². The first kappa shape index (κ1) is 21.2. The first-order valence-electron chi connectivity index (χ1n) is 8.58. The average Bonchev–Trinajstić information content (AvgIpc) is 2.59. The van der Waals surface area contributed by atoms with Crippen LogP contribution in [0.4, 0.5) is 10.5 Å². The van der Waals surface area contributed by atoms with Crippen LogP contribution in [0.15, 0.2) is 42.5 Å². The summed E-state index contributed by atoms with van der Waals surface area (Å²) >= 11 is 5.85. The van der Waals surface area contributed by atoms with Gasteiger partial charge in [0.05, 0.1) is 12.5 Å². The van der Waals surface area contributed by atoms with E-state index in [1.807, 2.05) is 32.0 Å². The van der Waals surface area contributed by atoms with Crippen molar-refractivity contribution in [2.75, 3.05) is 11.9 Å². The van der Waals surface area contributed by atoms with Crippen LogP contribution in [0.5, 0.6) is 0 Å². The Morgan fingerprint density at radius 2 is 1.68 bits per heavy atom. The molecule has 0 radical (unpaired) electrons. The number of amides is 3. The number of nitrogens with one attached hydrogen (secondary N) is 2. The summed E-state index contributed by atoms with van der Waals surface area (Å²) in [6, 6.07) is 10.8. The van der Waals surface area contributed by atoms with Crippen LogP contribution in [-0.2, 0) is 14.3 Å². The Hall–Kier alpha value is -3.06. The van der Waals surface area contributed by atoms with E-state index in [0.717, 1.165) is 11.1 Å². The van der Waals surface area contributed by atoms with Crippen LogP contribution < -0.4 is 16.4 Å². The van der Waals surface area contributed by atoms with E-state index in [1.54, 1.807) is 24.3 Å². The van der Waals surface area contributed by atoms with E-state index >= 15 is 0 Å². The molecule has 148 valence electrons. The standard InChI is InChI=1S/C20H22ClN3O4/c1-12-7-13(2)9-16(8-12)23-18(25)11-28-19(26)10-17(24-20(22)27)14-3-5-15(21)6-4-14/h3-9,17H,10-11H2,1-2H3,(H,23,25)(H3,22,24,27)/t17-/m1/s1. The number of nitrogens with two attached hydrogens (primary N) is 1. The first-order valence-corrected chi connectivity index (χ1v) is 8.96. The molecule has 0 aliphatic heterocycles. The lowest BCUT2D eigenvalue weighted by Crippen LogP contribution is -2.35. The summed E-state index contributed by atoms with van der Waals surface area (Å²) in [7, 11) is 0. The third-order valence-corrected chi connectivity index (χ3v) is 4.08. The van der Waals surface area contributed by atoms with Crippen LogP contribution in [0.2, 0.25) is 5.02 Å². The highest BCUT2D eigenvalue weighted by molar-refractivity contribution is 6.30. The number of benzene rings is 2. The maximum absolute atomic E-state index is 12.1. The second-order valence-electron chi connectivity index (χ2n) is 6.40. The van der Waals surface area contributed by atoms with Gasteiger partial charge in [-0.05, 0) is 54.8 Å². The molecule has 2 aromatic carbocycles. The fraction of sp³-hybridized carbons (Fsp3) is 0.250. The highest BCUT2D eigenvalue weighted by Gasteiger charge is 2.19. The van der Waals surface area contributed by atoms with Gasteiger partial charge in [0.25, 0.3) is 5.91 Å². The molecular formula is C20H22ClN3O4. The van der Waals surface area contributed by atoms with Crippen LogP contribution in [0, 0.1) is 13.8 Å². The predicted molar refractivity (Wildman–Crippen MR) is 107 cm³/mol. The zero-order valence-electron chi connectivity index (χ0n) is 15.6. The van der Waals surface area contributed by atoms with Crippen molar-refractivity contribution in [2.45, 2.75) is 26.3 Å². The van der Waals surface area contributed by atoms with E-state index in [-0.39, 0.29) is 6.42 Å². The van der Waals surface area contributed by atoms with Crippen molar-refractivity contribution >= 4 is 35.2 Å². The minimum absolute atomic E-state index is 0.179. The Bertz CT molecular complexity index is 848. The second-order valence-corrected chi connectivity index (χ2v) is 6.84. The normalized spacial score (nSPS) is 11.4. The van der Waals surface area contributed by atoms with E-state index in [2.05, 4.69) is 10.6 Å². The Morgan fingerprint density at radius 1 is 1.07 bits per heavy atom. The summed E-state index contributed by atoms with van der Waals surface area (Å²) in [5.74, 6) is -1.10. The van der Waals surface area contributed by atoms with Gasteiger partial charge < -0.3 is 21.1 Å². The number of carbonyl (C=O) groups is 3. The zero-order valence-corrected chi connectivity index (χ0v) is 16.4. The molecule has 0 aromatic heterocycles. The van der Waals surface area contributed by atoms with E-state index in [9.17, 15) is 14.4 Å². The summed E-state index contributed by atoms with van der Waals surface area (Å²) in [6.07, 6.45) is -0.179. The van der Waals surface area contributed by atoms with Gasteiger partial charge >= 0.3 is 12.0 Å². The van der Waals surface area contributed by atoms with Crippen molar-refractivity contribution in [1.29, 1.82) is 0 Å². The Morgan fingerprint density at radius 3 is 2.25 bits per heavy atom. The molecule has 0 unspecified atom stereocenters. The molecular weight excluding hydrogens is 382 g/mol. The molecule has 0 spiro atoms. The number of hydrogen-bond acceptors (Lipinski definition) is 4. The smallest absolute Gasteiger partial charge is 0.312 e. The quantitative estimate of drug-likeness (QED) is 0.616. The van der Waals surface area contributed by atoms with Gasteiger partial charge in [0.2, 0.25) is 0 Å². The van der Waals surface area contributed by atoms with Crippen LogP contribution in [0.25, 0.3) is 0 Å². The monoisotopic (exact) mass is 403 g/mol. The molecule has 3 amide bonds. The largest absolute Gasteiger partial charge is 0.455 e. The van der Waals surface area contributed by atoms with Gasteiger partial charge in [-0.3, -0.25) is 9.59 Å². The molecule has 0 fully saturated rings. The second kappa shape index (κ2) is 9.75. The SMILES string of the molecule is Cc1cc(C)cc(NC(=O)COC(=O)C[C@@H](NC(N)=O)c2ccc(Cl)cc2)c1. The molecule has 0 aliphatic carbocycles. The molecule has 7 nitrogen and oxygen atoms in total. The molecule has 2 aromatic rings. The van der Waals surface area contributed by atoms with Gasteiger partial charge in [0.1, 0.15) is 0 Å². The number of esters is 1. The average molecular weight is 404 g/mol. The maximum Gasteiger partial charge on any atom is 0.312 e. The lowest BCUT2D eigenvalue weighted by molar-refractivity contribution is -0.147. The lowest BCUT2D eigenvalue weighted by Gasteiger charge is -2.17. The summed E-state index contributed by atoms with van der Waals surface area (Å²) in [5.41, 5.74) is 8.47. The maximum atomic E-state index is 12.1. The topological polar surface area (TPSA) is 111 Å².